The van der Waals surface area contributed by atoms with Crippen LogP contribution in [-0.2, 0) is 6.54 Å². The van der Waals surface area contributed by atoms with E-state index in [-0.39, 0.29) is 34.5 Å². The number of benzene rings is 2. The lowest BCUT2D eigenvalue weighted by Gasteiger charge is -2.07. The minimum absolute atomic E-state index is 0.0553. The van der Waals surface area contributed by atoms with E-state index in [1.165, 1.54) is 27.7 Å². The summed E-state index contributed by atoms with van der Waals surface area (Å²) in [5.74, 6) is -2.23. The van der Waals surface area contributed by atoms with Crippen LogP contribution in [0.5, 0.6) is 5.75 Å². The monoisotopic (exact) mass is 468 g/mol. The molecule has 0 radical (unpaired) electrons. The minimum Gasteiger partial charge on any atom is -0.504 e. The Morgan fingerprint density at radius 3 is 2.39 bits per heavy atom. The lowest BCUT2D eigenvalue weighted by molar-refractivity contribution is 0.0841. The van der Waals surface area contributed by atoms with Gasteiger partial charge in [-0.15, -0.1) is 0 Å². The first-order chi connectivity index (χ1) is 15.8. The van der Waals surface area contributed by atoms with E-state index in [0.717, 1.165) is 5.56 Å². The molecule has 4 aromatic rings. The van der Waals surface area contributed by atoms with Crippen LogP contribution in [0.4, 0.5) is 4.39 Å². The first kappa shape index (κ1) is 22.0. The molecule has 33 heavy (non-hydrogen) atoms. The summed E-state index contributed by atoms with van der Waals surface area (Å²) in [6, 6.07) is 14.7. The predicted octanol–water partition coefficient (Wildman–Crippen LogP) is 3.00. The third-order valence-electron chi connectivity index (χ3n) is 4.76. The van der Waals surface area contributed by atoms with Crippen LogP contribution in [0.25, 0.3) is 5.69 Å². The van der Waals surface area contributed by atoms with Gasteiger partial charge in [0.2, 0.25) is 0 Å². The fourth-order valence-corrected chi connectivity index (χ4v) is 3.47. The van der Waals surface area contributed by atoms with Crippen LogP contribution in [0, 0.1) is 12.7 Å². The number of hydrogen-bond donors (Lipinski definition) is 3. The van der Waals surface area contributed by atoms with E-state index >= 15 is 0 Å². The van der Waals surface area contributed by atoms with Gasteiger partial charge in [-0.2, -0.15) is 10.2 Å². The highest BCUT2D eigenvalue weighted by atomic mass is 35.5. The molecule has 0 aliphatic carbocycles. The summed E-state index contributed by atoms with van der Waals surface area (Å²) in [6.07, 6.45) is 1.28. The highest BCUT2D eigenvalue weighted by molar-refractivity contribution is 6.33. The van der Waals surface area contributed by atoms with Crippen molar-refractivity contribution < 1.29 is 19.1 Å². The van der Waals surface area contributed by atoms with Crippen molar-refractivity contribution in [2.75, 3.05) is 0 Å². The van der Waals surface area contributed by atoms with Gasteiger partial charge in [0.15, 0.2) is 11.4 Å². The summed E-state index contributed by atoms with van der Waals surface area (Å²) < 4.78 is 15.8. The first-order valence-corrected chi connectivity index (χ1v) is 10.1. The maximum Gasteiger partial charge on any atom is 0.294 e. The molecule has 11 heteroatoms. The van der Waals surface area contributed by atoms with E-state index in [0.29, 0.717) is 11.4 Å². The number of nitrogens with one attached hydrogen (secondary N) is 2. The van der Waals surface area contributed by atoms with Gasteiger partial charge in [0.1, 0.15) is 16.5 Å². The summed E-state index contributed by atoms with van der Waals surface area (Å²) in [6.45, 7) is 1.82. The number of rotatable bonds is 5. The molecule has 0 unspecified atom stereocenters. The molecule has 0 saturated heterocycles. The summed E-state index contributed by atoms with van der Waals surface area (Å²) in [5.41, 5.74) is 5.99. The van der Waals surface area contributed by atoms with Crippen molar-refractivity contribution in [2.45, 2.75) is 13.5 Å². The van der Waals surface area contributed by atoms with E-state index in [4.69, 9.17) is 11.6 Å². The van der Waals surface area contributed by atoms with Crippen LogP contribution < -0.4 is 10.9 Å². The molecule has 168 valence electrons. The Hall–Kier alpha value is -4.18. The smallest absolute Gasteiger partial charge is 0.294 e. The number of halogens is 2. The molecule has 3 N–H and O–H groups in total. The summed E-state index contributed by atoms with van der Waals surface area (Å²) in [7, 11) is 0. The molecule has 0 aliphatic heterocycles. The maximum absolute atomic E-state index is 13.1. The molecule has 9 nitrogen and oxygen atoms in total. The number of aryl methyl sites for hydroxylation is 1. The SMILES string of the molecule is Cc1nn(Cc2ccc(F)cc2)c(Cl)c1C(=O)NNC(=O)c1nn(-c2ccccc2)cc1O. The zero-order valence-electron chi connectivity index (χ0n) is 17.3. The van der Waals surface area contributed by atoms with Crippen molar-refractivity contribution in [1.29, 1.82) is 0 Å². The highest BCUT2D eigenvalue weighted by Gasteiger charge is 2.23. The normalized spacial score (nSPS) is 10.8. The minimum atomic E-state index is -0.817. The third-order valence-corrected chi connectivity index (χ3v) is 5.14. The van der Waals surface area contributed by atoms with Crippen molar-refractivity contribution in [3.8, 4) is 11.4 Å². The molecular weight excluding hydrogens is 451 g/mol. The molecule has 2 heterocycles. The standard InChI is InChI=1S/C22H18ClFN6O3/c1-13-18(20(23)30(27-13)11-14-7-9-15(24)10-8-14)21(32)25-26-22(33)19-17(31)12-29(28-19)16-5-3-2-4-6-16/h2-10,12,31H,11H2,1H3,(H,25,32)(H,26,33). The number of para-hydroxylation sites is 1. The summed E-state index contributed by atoms with van der Waals surface area (Å²) in [4.78, 5) is 25.1. The van der Waals surface area contributed by atoms with Gasteiger partial charge in [0.05, 0.1) is 24.1 Å². The molecule has 0 bridgehead atoms. The van der Waals surface area contributed by atoms with Crippen molar-refractivity contribution in [2.24, 2.45) is 0 Å². The van der Waals surface area contributed by atoms with Gasteiger partial charge >= 0.3 is 0 Å². The number of nitrogens with zero attached hydrogens (tertiary/aromatic N) is 4. The fourth-order valence-electron chi connectivity index (χ4n) is 3.15. The van der Waals surface area contributed by atoms with Crippen molar-refractivity contribution >= 4 is 23.4 Å². The zero-order chi connectivity index (χ0) is 23.5. The number of aromatic nitrogens is 4. The fraction of sp³-hybridized carbons (Fsp3) is 0.0909. The zero-order valence-corrected chi connectivity index (χ0v) is 18.0. The average Bonchev–Trinajstić information content (AvgIpc) is 3.33. The van der Waals surface area contributed by atoms with Gasteiger partial charge in [0.25, 0.3) is 11.8 Å². The van der Waals surface area contributed by atoms with Crippen LogP contribution in [0.15, 0.2) is 60.8 Å². The molecule has 4 rings (SSSR count). The largest absolute Gasteiger partial charge is 0.504 e. The van der Waals surface area contributed by atoms with Crippen LogP contribution in [0.3, 0.4) is 0 Å². The summed E-state index contributed by atoms with van der Waals surface area (Å²) >= 11 is 6.33. The number of aromatic hydroxyl groups is 1. The van der Waals surface area contributed by atoms with Crippen LogP contribution >= 0.6 is 11.6 Å². The second kappa shape index (κ2) is 9.13. The molecular formula is C22H18ClFN6O3. The first-order valence-electron chi connectivity index (χ1n) is 9.75. The van der Waals surface area contributed by atoms with E-state index in [2.05, 4.69) is 21.0 Å². The maximum atomic E-state index is 13.1. The molecule has 2 aromatic heterocycles. The van der Waals surface area contributed by atoms with E-state index in [1.807, 2.05) is 6.07 Å². The molecule has 2 aromatic carbocycles. The number of hydrazine groups is 1. The van der Waals surface area contributed by atoms with Crippen molar-refractivity contribution in [1.82, 2.24) is 30.4 Å². The molecule has 0 aliphatic rings. The Balaban J connectivity index is 1.45. The van der Waals surface area contributed by atoms with Gasteiger partial charge in [-0.3, -0.25) is 20.4 Å². The number of amides is 2. The van der Waals surface area contributed by atoms with Gasteiger partial charge in [-0.05, 0) is 36.8 Å². The van der Waals surface area contributed by atoms with Crippen LogP contribution in [0.1, 0.15) is 32.1 Å². The van der Waals surface area contributed by atoms with Gasteiger partial charge in [-0.1, -0.05) is 41.9 Å². The quantitative estimate of drug-likeness (QED) is 0.390. The molecule has 0 fully saturated rings. The Kier molecular flexibility index (Phi) is 6.09. The Morgan fingerprint density at radius 2 is 1.70 bits per heavy atom. The Bertz CT molecular complexity index is 1320. The van der Waals surface area contributed by atoms with E-state index in [1.54, 1.807) is 43.3 Å². The average molecular weight is 469 g/mol. The highest BCUT2D eigenvalue weighted by Crippen LogP contribution is 2.21. The van der Waals surface area contributed by atoms with Crippen LogP contribution in [0.2, 0.25) is 5.15 Å². The Morgan fingerprint density at radius 1 is 1.03 bits per heavy atom. The van der Waals surface area contributed by atoms with E-state index < -0.39 is 11.8 Å². The topological polar surface area (TPSA) is 114 Å². The lowest BCUT2D eigenvalue weighted by Crippen LogP contribution is -2.42. The number of carbonyl (C=O) groups excluding carboxylic acids is 2. The predicted molar refractivity (Wildman–Crippen MR) is 118 cm³/mol. The van der Waals surface area contributed by atoms with Gasteiger partial charge < -0.3 is 5.11 Å². The lowest BCUT2D eigenvalue weighted by atomic mass is 10.2. The second-order valence-electron chi connectivity index (χ2n) is 7.09. The van der Waals surface area contributed by atoms with Gasteiger partial charge in [-0.25, -0.2) is 13.8 Å². The van der Waals surface area contributed by atoms with Crippen LogP contribution in [-0.4, -0.2) is 36.5 Å². The number of hydrogen-bond acceptors (Lipinski definition) is 5. The molecule has 0 spiro atoms. The van der Waals surface area contributed by atoms with Crippen molar-refractivity contribution in [3.63, 3.8) is 0 Å². The Labute approximate surface area is 192 Å². The molecule has 2 amide bonds. The van der Waals surface area contributed by atoms with E-state index in [9.17, 15) is 19.1 Å². The van der Waals surface area contributed by atoms with Gasteiger partial charge in [0, 0.05) is 0 Å². The molecule has 0 saturated carbocycles. The third kappa shape index (κ3) is 4.70. The van der Waals surface area contributed by atoms with Crippen molar-refractivity contribution in [3.05, 3.63) is 94.3 Å². The second-order valence-corrected chi connectivity index (χ2v) is 7.44. The molecule has 0 atom stereocenters. The summed E-state index contributed by atoms with van der Waals surface area (Å²) in [5, 5.41) is 18.4. The number of carbonyl (C=O) groups is 2.